The summed E-state index contributed by atoms with van der Waals surface area (Å²) in [6.45, 7) is 1.14. The molecule has 3 rings (SSSR count). The standard InChI is InChI=1S/C18H24FN5O.2ClH/c1-24(7-4-8-25-16-6-3-2-5-14(16)19)17-11-15(22-18(21)23-17)12-9-13(20)10-12;;/h2-3,5-6,11-13H,4,7-10,20H2,1H3,(H2,21,22,23);2*1H. The van der Waals surface area contributed by atoms with Crippen LogP contribution in [-0.2, 0) is 0 Å². The van der Waals surface area contributed by atoms with Crippen molar-refractivity contribution < 1.29 is 9.13 Å². The van der Waals surface area contributed by atoms with Gasteiger partial charge >= 0.3 is 0 Å². The topological polar surface area (TPSA) is 90.3 Å². The number of aromatic nitrogens is 2. The predicted octanol–water partition coefficient (Wildman–Crippen LogP) is 3.15. The predicted molar refractivity (Wildman–Crippen MR) is 111 cm³/mol. The van der Waals surface area contributed by atoms with Crippen molar-refractivity contribution in [2.24, 2.45) is 5.73 Å². The van der Waals surface area contributed by atoms with E-state index in [1.54, 1.807) is 18.2 Å². The lowest BCUT2D eigenvalue weighted by atomic mass is 9.78. The number of para-hydroxylation sites is 1. The van der Waals surface area contributed by atoms with E-state index in [2.05, 4.69) is 9.97 Å². The van der Waals surface area contributed by atoms with Gasteiger partial charge in [-0.1, -0.05) is 12.1 Å². The third-order valence-corrected chi connectivity index (χ3v) is 4.47. The van der Waals surface area contributed by atoms with Crippen molar-refractivity contribution in [2.45, 2.75) is 31.2 Å². The first kappa shape index (κ1) is 23.2. The second kappa shape index (κ2) is 10.5. The molecule has 0 spiro atoms. The van der Waals surface area contributed by atoms with Crippen LogP contribution in [0.2, 0.25) is 0 Å². The molecule has 1 aliphatic rings. The number of ether oxygens (including phenoxy) is 1. The Morgan fingerprint density at radius 3 is 2.59 bits per heavy atom. The molecule has 1 heterocycles. The Kier molecular flexibility index (Phi) is 9.02. The molecule has 4 N–H and O–H groups in total. The molecule has 9 heteroatoms. The van der Waals surface area contributed by atoms with Gasteiger partial charge in [0.25, 0.3) is 0 Å². The minimum absolute atomic E-state index is 0. The fourth-order valence-corrected chi connectivity index (χ4v) is 2.94. The molecule has 150 valence electrons. The van der Waals surface area contributed by atoms with Crippen molar-refractivity contribution in [3.63, 3.8) is 0 Å². The Bertz CT molecular complexity index is 731. The first-order chi connectivity index (χ1) is 12.0. The lowest BCUT2D eigenvalue weighted by molar-refractivity contribution is 0.297. The third kappa shape index (κ3) is 6.09. The highest BCUT2D eigenvalue weighted by Crippen LogP contribution is 2.35. The molecule has 0 unspecified atom stereocenters. The number of anilines is 2. The van der Waals surface area contributed by atoms with Crippen LogP contribution in [0.5, 0.6) is 5.75 Å². The highest BCUT2D eigenvalue weighted by Gasteiger charge is 2.29. The lowest BCUT2D eigenvalue weighted by Crippen LogP contribution is -2.35. The van der Waals surface area contributed by atoms with Gasteiger partial charge < -0.3 is 21.1 Å². The van der Waals surface area contributed by atoms with Gasteiger partial charge in [-0.2, -0.15) is 4.98 Å². The Morgan fingerprint density at radius 1 is 1.22 bits per heavy atom. The number of hydrogen-bond acceptors (Lipinski definition) is 6. The van der Waals surface area contributed by atoms with E-state index < -0.39 is 0 Å². The minimum atomic E-state index is -0.345. The molecule has 1 saturated carbocycles. The summed E-state index contributed by atoms with van der Waals surface area (Å²) in [7, 11) is 1.95. The number of nitrogen functional groups attached to an aromatic ring is 1. The monoisotopic (exact) mass is 417 g/mol. The smallest absolute Gasteiger partial charge is 0.222 e. The quantitative estimate of drug-likeness (QED) is 0.672. The van der Waals surface area contributed by atoms with E-state index in [4.69, 9.17) is 16.2 Å². The van der Waals surface area contributed by atoms with Gasteiger partial charge in [0.15, 0.2) is 11.6 Å². The maximum absolute atomic E-state index is 13.5. The number of hydrogen-bond donors (Lipinski definition) is 2. The van der Waals surface area contributed by atoms with Crippen LogP contribution in [-0.4, -0.2) is 36.2 Å². The molecular formula is C18H26Cl2FN5O. The zero-order chi connectivity index (χ0) is 17.8. The van der Waals surface area contributed by atoms with Gasteiger partial charge in [0, 0.05) is 31.6 Å². The van der Waals surface area contributed by atoms with Crippen molar-refractivity contribution in [3.05, 3.63) is 41.8 Å². The van der Waals surface area contributed by atoms with Crippen LogP contribution in [0, 0.1) is 5.82 Å². The van der Waals surface area contributed by atoms with Gasteiger partial charge in [-0.05, 0) is 31.4 Å². The summed E-state index contributed by atoms with van der Waals surface area (Å²) in [6.07, 6.45) is 2.62. The highest BCUT2D eigenvalue weighted by atomic mass is 35.5. The summed E-state index contributed by atoms with van der Waals surface area (Å²) in [6, 6.07) is 8.64. The maximum atomic E-state index is 13.5. The Labute approximate surface area is 171 Å². The van der Waals surface area contributed by atoms with Gasteiger partial charge in [-0.15, -0.1) is 24.8 Å². The summed E-state index contributed by atoms with van der Waals surface area (Å²) in [5, 5.41) is 0. The van der Waals surface area contributed by atoms with E-state index in [9.17, 15) is 4.39 Å². The van der Waals surface area contributed by atoms with Crippen molar-refractivity contribution in [3.8, 4) is 5.75 Å². The summed E-state index contributed by atoms with van der Waals surface area (Å²) < 4.78 is 19.0. The van der Waals surface area contributed by atoms with E-state index >= 15 is 0 Å². The van der Waals surface area contributed by atoms with E-state index in [1.807, 2.05) is 18.0 Å². The average molecular weight is 418 g/mol. The molecule has 27 heavy (non-hydrogen) atoms. The van der Waals surface area contributed by atoms with Gasteiger partial charge in [0.1, 0.15) is 5.82 Å². The summed E-state index contributed by atoms with van der Waals surface area (Å²) in [5.74, 6) is 1.37. The van der Waals surface area contributed by atoms with E-state index in [-0.39, 0.29) is 48.4 Å². The fourth-order valence-electron chi connectivity index (χ4n) is 2.94. The maximum Gasteiger partial charge on any atom is 0.222 e. The average Bonchev–Trinajstić information content (AvgIpc) is 2.56. The van der Waals surface area contributed by atoms with Crippen LogP contribution < -0.4 is 21.1 Å². The van der Waals surface area contributed by atoms with Gasteiger partial charge in [0.05, 0.1) is 12.3 Å². The zero-order valence-corrected chi connectivity index (χ0v) is 16.8. The normalized spacial score (nSPS) is 17.9. The molecule has 1 fully saturated rings. The molecule has 1 aromatic heterocycles. The molecule has 2 aromatic rings. The number of halogens is 3. The van der Waals surface area contributed by atoms with E-state index in [1.165, 1.54) is 6.07 Å². The Hall–Kier alpha value is -1.83. The fraction of sp³-hybridized carbons (Fsp3) is 0.444. The van der Waals surface area contributed by atoms with E-state index in [0.29, 0.717) is 19.1 Å². The van der Waals surface area contributed by atoms with E-state index in [0.717, 1.165) is 30.8 Å². The molecular weight excluding hydrogens is 392 g/mol. The van der Waals surface area contributed by atoms with Crippen molar-refractivity contribution in [2.75, 3.05) is 30.8 Å². The zero-order valence-electron chi connectivity index (χ0n) is 15.2. The number of nitrogens with zero attached hydrogens (tertiary/aromatic N) is 3. The molecule has 0 amide bonds. The van der Waals surface area contributed by atoms with Crippen LogP contribution in [0.4, 0.5) is 16.2 Å². The number of nitrogens with two attached hydrogens (primary N) is 2. The Balaban J connectivity index is 0.00000182. The molecule has 0 aliphatic heterocycles. The second-order valence-corrected chi connectivity index (χ2v) is 6.49. The van der Waals surface area contributed by atoms with Crippen LogP contribution in [0.1, 0.15) is 30.9 Å². The summed E-state index contributed by atoms with van der Waals surface area (Å²) in [4.78, 5) is 10.6. The molecule has 1 aliphatic carbocycles. The minimum Gasteiger partial charge on any atom is -0.490 e. The first-order valence-corrected chi connectivity index (χ1v) is 8.51. The van der Waals surface area contributed by atoms with Crippen molar-refractivity contribution in [1.82, 2.24) is 9.97 Å². The molecule has 0 saturated heterocycles. The van der Waals surface area contributed by atoms with Crippen molar-refractivity contribution in [1.29, 1.82) is 0 Å². The molecule has 1 aromatic carbocycles. The number of rotatable bonds is 7. The van der Waals surface area contributed by atoms with Crippen LogP contribution in [0.25, 0.3) is 0 Å². The van der Waals surface area contributed by atoms with Crippen LogP contribution in [0.15, 0.2) is 30.3 Å². The molecule has 6 nitrogen and oxygen atoms in total. The van der Waals surface area contributed by atoms with Crippen molar-refractivity contribution >= 4 is 36.6 Å². The third-order valence-electron chi connectivity index (χ3n) is 4.47. The van der Waals surface area contributed by atoms with Gasteiger partial charge in [-0.3, -0.25) is 0 Å². The number of benzene rings is 1. The highest BCUT2D eigenvalue weighted by molar-refractivity contribution is 5.85. The van der Waals surface area contributed by atoms with Gasteiger partial charge in [0.2, 0.25) is 5.95 Å². The second-order valence-electron chi connectivity index (χ2n) is 6.49. The molecule has 0 radical (unpaired) electrons. The SMILES string of the molecule is CN(CCCOc1ccccc1F)c1cc(C2CC(N)C2)nc(N)n1.Cl.Cl. The molecule has 0 atom stereocenters. The van der Waals surface area contributed by atoms with Crippen LogP contribution >= 0.6 is 24.8 Å². The lowest BCUT2D eigenvalue weighted by Gasteiger charge is -2.32. The van der Waals surface area contributed by atoms with Crippen LogP contribution in [0.3, 0.4) is 0 Å². The van der Waals surface area contributed by atoms with Gasteiger partial charge in [-0.25, -0.2) is 9.37 Å². The Morgan fingerprint density at radius 2 is 1.93 bits per heavy atom. The largest absolute Gasteiger partial charge is 0.490 e. The first-order valence-electron chi connectivity index (χ1n) is 8.51. The summed E-state index contributed by atoms with van der Waals surface area (Å²) >= 11 is 0. The summed E-state index contributed by atoms with van der Waals surface area (Å²) in [5.41, 5.74) is 12.7. The molecule has 0 bridgehead atoms.